The first-order chi connectivity index (χ1) is 9.32. The fourth-order valence-corrected chi connectivity index (χ4v) is 2.08. The lowest BCUT2D eigenvalue weighted by Gasteiger charge is -2.20. The fourth-order valence-electron chi connectivity index (χ4n) is 2.08. The van der Waals surface area contributed by atoms with E-state index in [1.54, 1.807) is 12.1 Å². The molecule has 2 rings (SSSR count). The molecule has 1 heterocycles. The van der Waals surface area contributed by atoms with Gasteiger partial charge in [0.15, 0.2) is 17.8 Å². The Labute approximate surface area is 118 Å². The number of furan rings is 1. The third-order valence-corrected chi connectivity index (χ3v) is 3.27. The van der Waals surface area contributed by atoms with E-state index >= 15 is 0 Å². The van der Waals surface area contributed by atoms with Crippen LogP contribution in [0.3, 0.4) is 0 Å². The first-order valence-electron chi connectivity index (χ1n) is 6.54. The molecule has 2 aromatic rings. The van der Waals surface area contributed by atoms with Crippen LogP contribution in [0.1, 0.15) is 54.2 Å². The smallest absolute Gasteiger partial charge is 0.185 e. The quantitative estimate of drug-likeness (QED) is 0.618. The Morgan fingerprint density at radius 3 is 2.35 bits per heavy atom. The van der Waals surface area contributed by atoms with Gasteiger partial charge < -0.3 is 4.42 Å². The molecular weight excluding hydrogens is 252 g/mol. The number of carbonyl (C=O) groups excluding carboxylic acids is 2. The van der Waals surface area contributed by atoms with Crippen molar-refractivity contribution in [3.05, 3.63) is 47.2 Å². The molecule has 0 N–H and O–H groups in total. The second kappa shape index (κ2) is 5.08. The van der Waals surface area contributed by atoms with Crippen LogP contribution in [0.5, 0.6) is 0 Å². The molecule has 0 radical (unpaired) electrons. The van der Waals surface area contributed by atoms with Crippen LogP contribution >= 0.6 is 0 Å². The zero-order chi connectivity index (χ0) is 14.9. The Bertz CT molecular complexity index is 657. The summed E-state index contributed by atoms with van der Waals surface area (Å²) in [7, 11) is 0. The van der Waals surface area contributed by atoms with Crippen LogP contribution in [0.2, 0.25) is 0 Å². The molecule has 20 heavy (non-hydrogen) atoms. The van der Waals surface area contributed by atoms with E-state index in [1.807, 2.05) is 18.2 Å². The van der Waals surface area contributed by atoms with Gasteiger partial charge in [0.1, 0.15) is 5.76 Å². The third kappa shape index (κ3) is 2.72. The molecule has 0 amide bonds. The Balaban J connectivity index is 2.63. The van der Waals surface area contributed by atoms with Gasteiger partial charge in [0.25, 0.3) is 0 Å². The van der Waals surface area contributed by atoms with Crippen molar-refractivity contribution in [2.45, 2.75) is 33.1 Å². The first-order valence-corrected chi connectivity index (χ1v) is 6.54. The summed E-state index contributed by atoms with van der Waals surface area (Å²) in [6.07, 6.45) is 0.657. The van der Waals surface area contributed by atoms with Crippen molar-refractivity contribution in [1.29, 1.82) is 0 Å². The number of hydrogen-bond donors (Lipinski definition) is 0. The highest BCUT2D eigenvalue weighted by atomic mass is 16.3. The maximum absolute atomic E-state index is 11.8. The zero-order valence-electron chi connectivity index (χ0n) is 12.2. The normalized spacial score (nSPS) is 11.4. The largest absolute Gasteiger partial charge is 0.453 e. The summed E-state index contributed by atoms with van der Waals surface area (Å²) in [6, 6.07) is 9.07. The Morgan fingerprint density at radius 2 is 1.85 bits per heavy atom. The molecule has 0 spiro atoms. The van der Waals surface area contributed by atoms with Crippen LogP contribution in [0.4, 0.5) is 0 Å². The molecule has 3 nitrogen and oxygen atoms in total. The Kier molecular flexibility index (Phi) is 3.62. The van der Waals surface area contributed by atoms with E-state index in [0.717, 1.165) is 11.1 Å². The van der Waals surface area contributed by atoms with Gasteiger partial charge in [-0.1, -0.05) is 32.9 Å². The molecule has 1 aromatic carbocycles. The molecule has 3 heteroatoms. The van der Waals surface area contributed by atoms with Crippen molar-refractivity contribution in [1.82, 2.24) is 0 Å². The standard InChI is InChI=1S/C17H18O3/c1-11(19)14-7-5-12(17(2,3)4)9-15(14)16-8-6-13(10-18)20-16/h5-10H,1-4H3. The minimum absolute atomic E-state index is 0.0236. The first kappa shape index (κ1) is 14.3. The molecule has 1 aromatic heterocycles. The number of carbonyl (C=O) groups is 2. The molecule has 0 aliphatic rings. The van der Waals surface area contributed by atoms with E-state index in [1.165, 1.54) is 6.92 Å². The fraction of sp³-hybridized carbons (Fsp3) is 0.294. The van der Waals surface area contributed by atoms with Crippen molar-refractivity contribution in [3.63, 3.8) is 0 Å². The van der Waals surface area contributed by atoms with Crippen LogP contribution in [-0.2, 0) is 5.41 Å². The van der Waals surface area contributed by atoms with Gasteiger partial charge in [0.2, 0.25) is 0 Å². The van der Waals surface area contributed by atoms with Crippen LogP contribution in [0, 0.1) is 0 Å². The van der Waals surface area contributed by atoms with Crippen molar-refractivity contribution in [2.75, 3.05) is 0 Å². The minimum atomic E-state index is -0.0237. The summed E-state index contributed by atoms with van der Waals surface area (Å²) in [5.41, 5.74) is 2.42. The average Bonchev–Trinajstić information content (AvgIpc) is 2.85. The Morgan fingerprint density at radius 1 is 1.15 bits per heavy atom. The van der Waals surface area contributed by atoms with Crippen LogP contribution < -0.4 is 0 Å². The summed E-state index contributed by atoms with van der Waals surface area (Å²) in [6.45, 7) is 7.86. The predicted octanol–water partition coefficient (Wildman–Crippen LogP) is 4.26. The van der Waals surface area contributed by atoms with Crippen molar-refractivity contribution >= 4 is 12.1 Å². The molecule has 0 saturated heterocycles. The molecule has 0 saturated carbocycles. The SMILES string of the molecule is CC(=O)c1ccc(C(C)(C)C)cc1-c1ccc(C=O)o1. The van der Waals surface area contributed by atoms with Crippen molar-refractivity contribution in [2.24, 2.45) is 0 Å². The van der Waals surface area contributed by atoms with E-state index in [2.05, 4.69) is 20.8 Å². The second-order valence-electron chi connectivity index (χ2n) is 5.89. The molecule has 0 aliphatic carbocycles. The van der Waals surface area contributed by atoms with Crippen LogP contribution in [0.15, 0.2) is 34.7 Å². The Hall–Kier alpha value is -2.16. The van der Waals surface area contributed by atoms with Crippen LogP contribution in [0.25, 0.3) is 11.3 Å². The van der Waals surface area contributed by atoms with Gasteiger partial charge in [0.05, 0.1) is 0 Å². The summed E-state index contributed by atoms with van der Waals surface area (Å²) >= 11 is 0. The maximum Gasteiger partial charge on any atom is 0.185 e. The molecular formula is C17H18O3. The van der Waals surface area contributed by atoms with E-state index in [-0.39, 0.29) is 17.0 Å². The summed E-state index contributed by atoms with van der Waals surface area (Å²) in [5, 5.41) is 0. The summed E-state index contributed by atoms with van der Waals surface area (Å²) in [5.74, 6) is 0.781. The lowest BCUT2D eigenvalue weighted by atomic mass is 9.84. The van der Waals surface area contributed by atoms with Gasteiger partial charge in [-0.2, -0.15) is 0 Å². The van der Waals surface area contributed by atoms with E-state index in [9.17, 15) is 9.59 Å². The van der Waals surface area contributed by atoms with Gasteiger partial charge in [-0.3, -0.25) is 9.59 Å². The van der Waals surface area contributed by atoms with Gasteiger partial charge >= 0.3 is 0 Å². The van der Waals surface area contributed by atoms with Gasteiger partial charge in [-0.05, 0) is 36.1 Å². The topological polar surface area (TPSA) is 47.3 Å². The van der Waals surface area contributed by atoms with E-state index < -0.39 is 0 Å². The average molecular weight is 270 g/mol. The monoisotopic (exact) mass is 270 g/mol. The molecule has 0 bridgehead atoms. The van der Waals surface area contributed by atoms with Crippen LogP contribution in [-0.4, -0.2) is 12.1 Å². The lowest BCUT2D eigenvalue weighted by Crippen LogP contribution is -2.12. The molecule has 0 atom stereocenters. The number of rotatable bonds is 3. The summed E-state index contributed by atoms with van der Waals surface area (Å²) in [4.78, 5) is 22.5. The maximum atomic E-state index is 11.8. The third-order valence-electron chi connectivity index (χ3n) is 3.27. The minimum Gasteiger partial charge on any atom is -0.453 e. The number of hydrogen-bond acceptors (Lipinski definition) is 3. The second-order valence-corrected chi connectivity index (χ2v) is 5.89. The predicted molar refractivity (Wildman–Crippen MR) is 78.2 cm³/mol. The number of aldehydes is 1. The van der Waals surface area contributed by atoms with Crippen molar-refractivity contribution in [3.8, 4) is 11.3 Å². The van der Waals surface area contributed by atoms with Crippen molar-refractivity contribution < 1.29 is 14.0 Å². The number of Topliss-reactive ketones (excluding diaryl/α,β-unsaturated/α-hetero) is 1. The molecule has 0 aliphatic heterocycles. The number of benzene rings is 1. The van der Waals surface area contributed by atoms with E-state index in [0.29, 0.717) is 17.6 Å². The van der Waals surface area contributed by atoms with Gasteiger partial charge in [-0.15, -0.1) is 0 Å². The summed E-state index contributed by atoms with van der Waals surface area (Å²) < 4.78 is 5.46. The lowest BCUT2D eigenvalue weighted by molar-refractivity contribution is 0.101. The highest BCUT2D eigenvalue weighted by Gasteiger charge is 2.19. The number of ketones is 1. The highest BCUT2D eigenvalue weighted by Crippen LogP contribution is 2.31. The molecule has 0 unspecified atom stereocenters. The van der Waals surface area contributed by atoms with E-state index in [4.69, 9.17) is 4.42 Å². The van der Waals surface area contributed by atoms with Gasteiger partial charge in [0, 0.05) is 11.1 Å². The molecule has 104 valence electrons. The molecule has 0 fully saturated rings. The highest BCUT2D eigenvalue weighted by molar-refractivity contribution is 6.00. The zero-order valence-corrected chi connectivity index (χ0v) is 12.2. The van der Waals surface area contributed by atoms with Gasteiger partial charge in [-0.25, -0.2) is 0 Å².